The number of hydrogen-bond acceptors (Lipinski definition) is 4. The van der Waals surface area contributed by atoms with Gasteiger partial charge in [-0.2, -0.15) is 0 Å². The van der Waals surface area contributed by atoms with Crippen LogP contribution in [0.3, 0.4) is 0 Å². The Morgan fingerprint density at radius 1 is 1.31 bits per heavy atom. The van der Waals surface area contributed by atoms with Crippen molar-refractivity contribution in [3.8, 4) is 0 Å². The Bertz CT molecular complexity index is 735. The molecule has 6 fully saturated rings. The van der Waals surface area contributed by atoms with Gasteiger partial charge in [0.1, 0.15) is 5.78 Å². The van der Waals surface area contributed by atoms with Gasteiger partial charge in [0.2, 0.25) is 0 Å². The van der Waals surface area contributed by atoms with Crippen LogP contribution in [0, 0.1) is 39.9 Å². The first-order valence-corrected chi connectivity index (χ1v) is 10.6. The second-order valence-electron chi connectivity index (χ2n) is 10.7. The summed E-state index contributed by atoms with van der Waals surface area (Å²) in [6.45, 7) is 10.9. The average molecular weight is 357 g/mol. The monoisotopic (exact) mass is 357 g/mol. The van der Waals surface area contributed by atoms with Crippen molar-refractivity contribution < 1.29 is 15.0 Å². The summed E-state index contributed by atoms with van der Waals surface area (Å²) in [6, 6.07) is 0.331. The summed E-state index contributed by atoms with van der Waals surface area (Å²) in [6.07, 6.45) is 3.50. The molecule has 6 aliphatic rings. The van der Waals surface area contributed by atoms with Crippen molar-refractivity contribution in [1.82, 2.24) is 4.90 Å². The second-order valence-corrected chi connectivity index (χ2v) is 10.7. The van der Waals surface area contributed by atoms with E-state index in [9.17, 15) is 15.0 Å². The molecule has 4 nitrogen and oxygen atoms in total. The molecule has 5 saturated carbocycles. The molecule has 0 aromatic carbocycles. The zero-order valence-electron chi connectivity index (χ0n) is 15.9. The molecule has 0 radical (unpaired) electrons. The van der Waals surface area contributed by atoms with E-state index < -0.39 is 6.10 Å². The Morgan fingerprint density at radius 3 is 2.81 bits per heavy atom. The minimum Gasteiger partial charge on any atom is -0.392 e. The zero-order chi connectivity index (χ0) is 18.2. The summed E-state index contributed by atoms with van der Waals surface area (Å²) in [5.74, 6) is 1.16. The highest BCUT2D eigenvalue weighted by Gasteiger charge is 2.85. The molecule has 7 bridgehead atoms. The number of hydrogen-bond donors (Lipinski definition) is 2. The molecule has 10 atom stereocenters. The molecule has 1 saturated heterocycles. The molecule has 0 aromatic rings. The lowest BCUT2D eigenvalue weighted by Gasteiger charge is -2.65. The molecule has 4 heteroatoms. The van der Waals surface area contributed by atoms with Crippen molar-refractivity contribution >= 4 is 5.78 Å². The van der Waals surface area contributed by atoms with Crippen molar-refractivity contribution in [2.75, 3.05) is 13.1 Å². The molecular weight excluding hydrogens is 326 g/mol. The predicted octanol–water partition coefficient (Wildman–Crippen LogP) is 2.00. The van der Waals surface area contributed by atoms with Crippen LogP contribution in [0.5, 0.6) is 0 Å². The van der Waals surface area contributed by atoms with Crippen molar-refractivity contribution in [3.05, 3.63) is 12.2 Å². The number of aliphatic hydroxyl groups is 2. The summed E-state index contributed by atoms with van der Waals surface area (Å²) in [7, 11) is 0. The first-order valence-electron chi connectivity index (χ1n) is 10.6. The van der Waals surface area contributed by atoms with Crippen LogP contribution in [0.4, 0.5) is 0 Å². The summed E-state index contributed by atoms with van der Waals surface area (Å²) in [5, 5.41) is 22.8. The van der Waals surface area contributed by atoms with Crippen LogP contribution < -0.4 is 0 Å². The Morgan fingerprint density at radius 2 is 2.08 bits per heavy atom. The number of fused-ring (bicyclic) bond motifs is 1. The van der Waals surface area contributed by atoms with Crippen LogP contribution in [0.25, 0.3) is 0 Å². The molecule has 6 rings (SSSR count). The van der Waals surface area contributed by atoms with Crippen molar-refractivity contribution in [3.63, 3.8) is 0 Å². The molecule has 5 aliphatic carbocycles. The largest absolute Gasteiger partial charge is 0.392 e. The van der Waals surface area contributed by atoms with Crippen molar-refractivity contribution in [1.29, 1.82) is 0 Å². The van der Waals surface area contributed by atoms with Crippen LogP contribution in [-0.2, 0) is 4.79 Å². The highest BCUT2D eigenvalue weighted by Crippen LogP contribution is 2.83. The van der Waals surface area contributed by atoms with E-state index in [0.29, 0.717) is 24.3 Å². The van der Waals surface area contributed by atoms with Gasteiger partial charge in [0.15, 0.2) is 0 Å². The van der Waals surface area contributed by atoms with Crippen LogP contribution in [0.2, 0.25) is 0 Å². The van der Waals surface area contributed by atoms with Gasteiger partial charge in [-0.25, -0.2) is 0 Å². The van der Waals surface area contributed by atoms with Gasteiger partial charge in [-0.3, -0.25) is 9.69 Å². The number of carbonyl (C=O) groups excluding carboxylic acids is 1. The topological polar surface area (TPSA) is 60.8 Å². The van der Waals surface area contributed by atoms with E-state index in [4.69, 9.17) is 0 Å². The van der Waals surface area contributed by atoms with Crippen LogP contribution >= 0.6 is 0 Å². The lowest BCUT2D eigenvalue weighted by Crippen LogP contribution is -2.68. The second kappa shape index (κ2) is 4.47. The minimum absolute atomic E-state index is 0.130. The lowest BCUT2D eigenvalue weighted by atomic mass is 9.43. The Hall–Kier alpha value is -0.710. The predicted molar refractivity (Wildman–Crippen MR) is 97.2 cm³/mol. The Kier molecular flexibility index (Phi) is 2.80. The van der Waals surface area contributed by atoms with E-state index in [1.54, 1.807) is 0 Å². The third-order valence-corrected chi connectivity index (χ3v) is 10.4. The van der Waals surface area contributed by atoms with Crippen molar-refractivity contribution in [2.45, 2.75) is 64.2 Å². The molecule has 0 amide bonds. The van der Waals surface area contributed by atoms with E-state index in [1.807, 2.05) is 0 Å². The van der Waals surface area contributed by atoms with Gasteiger partial charge in [-0.1, -0.05) is 20.4 Å². The molecule has 1 heterocycles. The molecule has 2 spiro atoms. The number of ketones is 1. The maximum Gasteiger partial charge on any atom is 0.140 e. The fraction of sp³-hybridized carbons (Fsp3) is 0.864. The van der Waals surface area contributed by atoms with Crippen LogP contribution in [0.15, 0.2) is 12.2 Å². The molecule has 2 unspecified atom stereocenters. The Labute approximate surface area is 155 Å². The number of likely N-dealkylation sites (tertiary alicyclic amines) is 1. The first-order chi connectivity index (χ1) is 12.3. The molecule has 2 N–H and O–H groups in total. The number of Topliss-reactive ketones (excluding diaryl/α,β-unsaturated/α-hetero) is 1. The normalized spacial score (nSPS) is 62.7. The third kappa shape index (κ3) is 1.33. The smallest absolute Gasteiger partial charge is 0.140 e. The summed E-state index contributed by atoms with van der Waals surface area (Å²) >= 11 is 0. The fourth-order valence-electron chi connectivity index (χ4n) is 9.75. The van der Waals surface area contributed by atoms with Gasteiger partial charge in [-0.05, 0) is 61.0 Å². The SMILES string of the molecule is C=C1[C@H]2C[C@@]3(C4C[C@@H]5[C@@]6(C)CC[C@H](O)[C@@]5(C4N(CC)C6)[C@@H]3CC2=O)[C@@H]1O. The van der Waals surface area contributed by atoms with E-state index in [0.717, 1.165) is 44.3 Å². The van der Waals surface area contributed by atoms with Gasteiger partial charge >= 0.3 is 0 Å². The molecule has 0 aromatic heterocycles. The van der Waals surface area contributed by atoms with Gasteiger partial charge in [0.25, 0.3) is 0 Å². The molecule has 1 aliphatic heterocycles. The lowest BCUT2D eigenvalue weighted by molar-refractivity contribution is -0.211. The van der Waals surface area contributed by atoms with Gasteiger partial charge in [-0.15, -0.1) is 0 Å². The van der Waals surface area contributed by atoms with Gasteiger partial charge < -0.3 is 10.2 Å². The number of aliphatic hydroxyl groups excluding tert-OH is 2. The quantitative estimate of drug-likeness (QED) is 0.705. The number of rotatable bonds is 1. The number of piperidine rings is 1. The standard InChI is InChI=1S/C22H31NO3/c1-4-23-10-20(3)6-5-17(25)22-15(20)7-13(18(22)23)21-9-12(11(2)19(21)26)14(24)8-16(21)22/h12-13,15-19,25-26H,2,4-10H2,1,3H3/t12-,13?,15-,16-,17+,18?,19-,20+,21+,22+/m1/s1. The van der Waals surface area contributed by atoms with Crippen molar-refractivity contribution in [2.24, 2.45) is 39.9 Å². The van der Waals surface area contributed by atoms with Gasteiger partial charge in [0.05, 0.1) is 12.2 Å². The van der Waals surface area contributed by atoms with E-state index in [2.05, 4.69) is 25.3 Å². The summed E-state index contributed by atoms with van der Waals surface area (Å²) < 4.78 is 0. The maximum atomic E-state index is 13.0. The summed E-state index contributed by atoms with van der Waals surface area (Å²) in [4.78, 5) is 15.6. The van der Waals surface area contributed by atoms with Crippen LogP contribution in [0.1, 0.15) is 46.0 Å². The maximum absolute atomic E-state index is 13.0. The average Bonchev–Trinajstić information content (AvgIpc) is 3.14. The zero-order valence-corrected chi connectivity index (χ0v) is 15.9. The minimum atomic E-state index is -0.561. The fourth-order valence-corrected chi connectivity index (χ4v) is 9.75. The molecule has 26 heavy (non-hydrogen) atoms. The third-order valence-electron chi connectivity index (χ3n) is 10.4. The highest BCUT2D eigenvalue weighted by molar-refractivity contribution is 5.87. The van der Waals surface area contributed by atoms with E-state index in [1.165, 1.54) is 0 Å². The summed E-state index contributed by atoms with van der Waals surface area (Å²) in [5.41, 5.74) is 0.598. The number of nitrogens with zero attached hydrogens (tertiary/aromatic N) is 1. The van der Waals surface area contributed by atoms with E-state index in [-0.39, 0.29) is 40.0 Å². The molecular formula is C22H31NO3. The van der Waals surface area contributed by atoms with Crippen LogP contribution in [-0.4, -0.2) is 52.2 Å². The van der Waals surface area contributed by atoms with E-state index >= 15 is 0 Å². The van der Waals surface area contributed by atoms with Gasteiger partial charge in [0, 0.05) is 35.8 Å². The highest BCUT2D eigenvalue weighted by atomic mass is 16.3. The number of carbonyl (C=O) groups is 1. The molecule has 142 valence electrons. The Balaban J connectivity index is 1.62. The first kappa shape index (κ1) is 16.3.